The topological polar surface area (TPSA) is 69.6 Å². The first-order valence-electron chi connectivity index (χ1n) is 8.14. The largest absolute Gasteiger partial charge is 0.481 e. The van der Waals surface area contributed by atoms with Crippen molar-refractivity contribution in [3.8, 4) is 0 Å². The van der Waals surface area contributed by atoms with Crippen LogP contribution in [-0.4, -0.2) is 48.1 Å². The van der Waals surface area contributed by atoms with Crippen LogP contribution >= 0.6 is 0 Å². The Labute approximate surface area is 127 Å². The minimum atomic E-state index is -0.826. The number of hydrogen-bond donors (Lipinski definition) is 2. The van der Waals surface area contributed by atoms with E-state index in [1.165, 1.54) is 19.3 Å². The molecule has 0 unspecified atom stereocenters. The van der Waals surface area contributed by atoms with Gasteiger partial charge < -0.3 is 15.3 Å². The van der Waals surface area contributed by atoms with Crippen molar-refractivity contribution in [3.05, 3.63) is 0 Å². The molecule has 21 heavy (non-hydrogen) atoms. The SMILES string of the molecule is CN(C)C1(CNC(=O)[C@@H]2CCC[C@@H]2C(=O)O)CCCCC1. The summed E-state index contributed by atoms with van der Waals surface area (Å²) in [5.41, 5.74) is 0.0469. The molecular weight excluding hydrogens is 268 g/mol. The third-order valence-corrected chi connectivity index (χ3v) is 5.49. The first-order chi connectivity index (χ1) is 9.96. The van der Waals surface area contributed by atoms with Gasteiger partial charge in [-0.05, 0) is 39.8 Å². The van der Waals surface area contributed by atoms with Gasteiger partial charge >= 0.3 is 5.97 Å². The van der Waals surface area contributed by atoms with E-state index in [1.807, 2.05) is 0 Å². The predicted molar refractivity (Wildman–Crippen MR) is 81.0 cm³/mol. The third-order valence-electron chi connectivity index (χ3n) is 5.49. The first-order valence-corrected chi connectivity index (χ1v) is 8.14. The van der Waals surface area contributed by atoms with Crippen LogP contribution in [0.2, 0.25) is 0 Å². The lowest BCUT2D eigenvalue weighted by Crippen LogP contribution is -2.54. The van der Waals surface area contributed by atoms with Gasteiger partial charge in [-0.1, -0.05) is 25.7 Å². The fraction of sp³-hybridized carbons (Fsp3) is 0.875. The van der Waals surface area contributed by atoms with E-state index < -0.39 is 11.9 Å². The summed E-state index contributed by atoms with van der Waals surface area (Å²) >= 11 is 0. The molecule has 120 valence electrons. The van der Waals surface area contributed by atoms with Gasteiger partial charge in [-0.15, -0.1) is 0 Å². The fourth-order valence-electron chi connectivity index (χ4n) is 3.94. The van der Waals surface area contributed by atoms with Crippen molar-refractivity contribution in [3.63, 3.8) is 0 Å². The number of carbonyl (C=O) groups is 2. The minimum absolute atomic E-state index is 0.0469. The molecule has 0 spiro atoms. The average Bonchev–Trinajstić information content (AvgIpc) is 2.95. The number of nitrogens with one attached hydrogen (secondary N) is 1. The van der Waals surface area contributed by atoms with E-state index in [-0.39, 0.29) is 17.4 Å². The van der Waals surface area contributed by atoms with Crippen LogP contribution < -0.4 is 5.32 Å². The van der Waals surface area contributed by atoms with E-state index in [1.54, 1.807) is 0 Å². The number of likely N-dealkylation sites (N-methyl/N-ethyl adjacent to an activating group) is 1. The minimum Gasteiger partial charge on any atom is -0.481 e. The van der Waals surface area contributed by atoms with Crippen molar-refractivity contribution < 1.29 is 14.7 Å². The zero-order chi connectivity index (χ0) is 15.5. The van der Waals surface area contributed by atoms with Gasteiger partial charge in [-0.25, -0.2) is 0 Å². The van der Waals surface area contributed by atoms with Crippen molar-refractivity contribution in [1.29, 1.82) is 0 Å². The summed E-state index contributed by atoms with van der Waals surface area (Å²) in [4.78, 5) is 25.8. The lowest BCUT2D eigenvalue weighted by atomic mass is 9.80. The maximum absolute atomic E-state index is 12.4. The van der Waals surface area contributed by atoms with Gasteiger partial charge in [-0.2, -0.15) is 0 Å². The zero-order valence-corrected chi connectivity index (χ0v) is 13.2. The normalized spacial score (nSPS) is 28.5. The van der Waals surface area contributed by atoms with Gasteiger partial charge in [0.05, 0.1) is 11.8 Å². The molecule has 2 aliphatic carbocycles. The highest BCUT2D eigenvalue weighted by molar-refractivity contribution is 5.85. The summed E-state index contributed by atoms with van der Waals surface area (Å²) in [6.07, 6.45) is 8.07. The van der Waals surface area contributed by atoms with Gasteiger partial charge in [-0.3, -0.25) is 9.59 Å². The number of aliphatic carboxylic acids is 1. The molecule has 0 aromatic heterocycles. The van der Waals surface area contributed by atoms with Crippen molar-refractivity contribution in [1.82, 2.24) is 10.2 Å². The molecule has 2 saturated carbocycles. The van der Waals surface area contributed by atoms with Crippen molar-refractivity contribution in [2.24, 2.45) is 11.8 Å². The molecule has 5 nitrogen and oxygen atoms in total. The Morgan fingerprint density at radius 3 is 2.29 bits per heavy atom. The van der Waals surface area contributed by atoms with Gasteiger partial charge in [0.1, 0.15) is 0 Å². The summed E-state index contributed by atoms with van der Waals surface area (Å²) in [5, 5.41) is 12.3. The average molecular weight is 296 g/mol. The smallest absolute Gasteiger partial charge is 0.307 e. The number of carboxylic acids is 1. The highest BCUT2D eigenvalue weighted by Crippen LogP contribution is 2.34. The third kappa shape index (κ3) is 3.57. The van der Waals surface area contributed by atoms with Gasteiger partial charge in [0, 0.05) is 12.1 Å². The molecule has 5 heteroatoms. The lowest BCUT2D eigenvalue weighted by molar-refractivity contribution is -0.146. The second-order valence-corrected chi connectivity index (χ2v) is 6.88. The van der Waals surface area contributed by atoms with Crippen LogP contribution in [0.25, 0.3) is 0 Å². The Kier molecular flexibility index (Phi) is 5.25. The molecule has 2 atom stereocenters. The molecule has 0 aromatic carbocycles. The molecule has 0 saturated heterocycles. The first kappa shape index (κ1) is 16.3. The molecular formula is C16H28N2O3. The molecule has 2 N–H and O–H groups in total. The van der Waals surface area contributed by atoms with Gasteiger partial charge in [0.15, 0.2) is 0 Å². The van der Waals surface area contributed by atoms with Crippen molar-refractivity contribution >= 4 is 11.9 Å². The number of hydrogen-bond acceptors (Lipinski definition) is 3. The van der Waals surface area contributed by atoms with E-state index in [0.29, 0.717) is 19.4 Å². The highest BCUT2D eigenvalue weighted by atomic mass is 16.4. The number of amides is 1. The van der Waals surface area contributed by atoms with Crippen LogP contribution in [0.4, 0.5) is 0 Å². The second kappa shape index (κ2) is 6.77. The molecule has 0 aromatic rings. The van der Waals surface area contributed by atoms with Crippen LogP contribution in [0.3, 0.4) is 0 Å². The standard InChI is InChI=1S/C16H28N2O3/c1-18(2)16(9-4-3-5-10-16)11-17-14(19)12-7-6-8-13(12)15(20)21/h12-13H,3-11H2,1-2H3,(H,17,19)(H,20,21)/t12-,13+/m1/s1. The maximum Gasteiger partial charge on any atom is 0.307 e. The van der Waals surface area contributed by atoms with E-state index >= 15 is 0 Å². The predicted octanol–water partition coefficient (Wildman–Crippen LogP) is 1.87. The van der Waals surface area contributed by atoms with Crippen LogP contribution in [0.1, 0.15) is 51.4 Å². The van der Waals surface area contributed by atoms with Crippen molar-refractivity contribution in [2.75, 3.05) is 20.6 Å². The number of rotatable bonds is 5. The highest BCUT2D eigenvalue weighted by Gasteiger charge is 2.39. The van der Waals surface area contributed by atoms with Crippen LogP contribution in [0, 0.1) is 11.8 Å². The quantitative estimate of drug-likeness (QED) is 0.812. The van der Waals surface area contributed by atoms with Crippen LogP contribution in [0.5, 0.6) is 0 Å². The summed E-state index contributed by atoms with van der Waals surface area (Å²) in [6, 6.07) is 0. The molecule has 0 heterocycles. The Balaban J connectivity index is 1.94. The summed E-state index contributed by atoms with van der Waals surface area (Å²) < 4.78 is 0. The van der Waals surface area contributed by atoms with E-state index in [4.69, 9.17) is 0 Å². The molecule has 2 rings (SSSR count). The molecule has 0 radical (unpaired) electrons. The van der Waals surface area contributed by atoms with Crippen LogP contribution in [-0.2, 0) is 9.59 Å². The van der Waals surface area contributed by atoms with Gasteiger partial charge in [0.2, 0.25) is 5.91 Å². The van der Waals surface area contributed by atoms with Crippen molar-refractivity contribution in [2.45, 2.75) is 56.9 Å². The molecule has 2 aliphatic rings. The Hall–Kier alpha value is -1.10. The number of carbonyl (C=O) groups excluding carboxylic acids is 1. The lowest BCUT2D eigenvalue weighted by Gasteiger charge is -2.43. The number of nitrogens with zero attached hydrogens (tertiary/aromatic N) is 1. The van der Waals surface area contributed by atoms with E-state index in [0.717, 1.165) is 19.3 Å². The summed E-state index contributed by atoms with van der Waals surface area (Å²) in [6.45, 7) is 0.641. The zero-order valence-electron chi connectivity index (χ0n) is 13.2. The molecule has 0 aliphatic heterocycles. The summed E-state index contributed by atoms with van der Waals surface area (Å²) in [7, 11) is 4.15. The Bertz CT molecular complexity index is 389. The van der Waals surface area contributed by atoms with E-state index in [9.17, 15) is 14.7 Å². The molecule has 0 bridgehead atoms. The summed E-state index contributed by atoms with van der Waals surface area (Å²) in [5.74, 6) is -1.73. The van der Waals surface area contributed by atoms with Gasteiger partial charge in [0.25, 0.3) is 0 Å². The maximum atomic E-state index is 12.4. The van der Waals surface area contributed by atoms with E-state index in [2.05, 4.69) is 24.3 Å². The monoisotopic (exact) mass is 296 g/mol. The Morgan fingerprint density at radius 1 is 1.10 bits per heavy atom. The molecule has 2 fully saturated rings. The molecule has 1 amide bonds. The number of carboxylic acid groups (broad SMARTS) is 1. The fourth-order valence-corrected chi connectivity index (χ4v) is 3.94. The van der Waals surface area contributed by atoms with Crippen LogP contribution in [0.15, 0.2) is 0 Å². The Morgan fingerprint density at radius 2 is 1.71 bits per heavy atom. The second-order valence-electron chi connectivity index (χ2n) is 6.88.